The van der Waals surface area contributed by atoms with E-state index in [0.29, 0.717) is 11.0 Å². The van der Waals surface area contributed by atoms with Crippen molar-refractivity contribution >= 4 is 29.5 Å². The Morgan fingerprint density at radius 1 is 1.25 bits per heavy atom. The Hall–Kier alpha value is -1.79. The van der Waals surface area contributed by atoms with Gasteiger partial charge < -0.3 is 15.0 Å². The summed E-state index contributed by atoms with van der Waals surface area (Å²) in [5, 5.41) is 3.20. The predicted molar refractivity (Wildman–Crippen MR) is 77.6 cm³/mol. The maximum atomic E-state index is 12.1. The molecule has 3 rings (SSSR count). The van der Waals surface area contributed by atoms with E-state index in [4.69, 9.17) is 4.74 Å². The van der Waals surface area contributed by atoms with Gasteiger partial charge in [-0.2, -0.15) is 4.57 Å². The number of para-hydroxylation sites is 2. The summed E-state index contributed by atoms with van der Waals surface area (Å²) in [7, 11) is 0. The molecular formula is C13H16ClN3O3. The van der Waals surface area contributed by atoms with Crippen molar-refractivity contribution in [3.8, 4) is 0 Å². The molecule has 1 saturated heterocycles. The Labute approximate surface area is 121 Å². The summed E-state index contributed by atoms with van der Waals surface area (Å²) in [6, 6.07) is 7.06. The first-order valence-electron chi connectivity index (χ1n) is 6.37. The van der Waals surface area contributed by atoms with Gasteiger partial charge in [-0.15, -0.1) is 12.4 Å². The van der Waals surface area contributed by atoms with Gasteiger partial charge in [0.25, 0.3) is 0 Å². The van der Waals surface area contributed by atoms with Crippen LogP contribution in [0.5, 0.6) is 0 Å². The lowest BCUT2D eigenvalue weighted by Gasteiger charge is -2.22. The summed E-state index contributed by atoms with van der Waals surface area (Å²) in [5.41, 5.74) is 0.723. The van der Waals surface area contributed by atoms with Crippen LogP contribution in [0.1, 0.15) is 12.8 Å². The number of rotatable bonds is 1. The van der Waals surface area contributed by atoms with Crippen LogP contribution in [0.25, 0.3) is 11.0 Å². The summed E-state index contributed by atoms with van der Waals surface area (Å²) in [6.07, 6.45) is 0.842. The number of hydrogen-bond donors (Lipinski definition) is 2. The van der Waals surface area contributed by atoms with Crippen LogP contribution in [0, 0.1) is 0 Å². The molecule has 0 unspecified atom stereocenters. The zero-order chi connectivity index (χ0) is 13.2. The molecule has 1 aromatic carbocycles. The molecule has 2 aromatic rings. The number of carbonyl (C=O) groups excluding carboxylic acids is 1. The smallest absolute Gasteiger partial charge is 0.423 e. The minimum atomic E-state index is -0.602. The number of halogens is 1. The first-order chi connectivity index (χ1) is 9.25. The van der Waals surface area contributed by atoms with Crippen LogP contribution in [-0.2, 0) is 4.74 Å². The summed E-state index contributed by atoms with van der Waals surface area (Å²) in [6.45, 7) is 1.67. The zero-order valence-electron chi connectivity index (χ0n) is 10.8. The van der Waals surface area contributed by atoms with Gasteiger partial charge in [0, 0.05) is 0 Å². The van der Waals surface area contributed by atoms with Crippen LogP contribution in [-0.4, -0.2) is 34.8 Å². The van der Waals surface area contributed by atoms with Crippen molar-refractivity contribution in [3.63, 3.8) is 0 Å². The highest BCUT2D eigenvalue weighted by molar-refractivity contribution is 5.86. The third kappa shape index (κ3) is 2.71. The van der Waals surface area contributed by atoms with Crippen molar-refractivity contribution in [1.29, 1.82) is 0 Å². The van der Waals surface area contributed by atoms with Gasteiger partial charge in [-0.3, -0.25) is 0 Å². The molecule has 0 aliphatic carbocycles. The molecule has 1 aromatic heterocycles. The van der Waals surface area contributed by atoms with Crippen LogP contribution in [0.4, 0.5) is 4.79 Å². The van der Waals surface area contributed by atoms with E-state index >= 15 is 0 Å². The Morgan fingerprint density at radius 3 is 2.70 bits per heavy atom. The van der Waals surface area contributed by atoms with Gasteiger partial charge in [0.2, 0.25) is 0 Å². The van der Waals surface area contributed by atoms with E-state index < -0.39 is 11.8 Å². The molecule has 0 amide bonds. The molecular weight excluding hydrogens is 282 g/mol. The quantitative estimate of drug-likeness (QED) is 0.836. The molecule has 0 bridgehead atoms. The minimum absolute atomic E-state index is 0. The highest BCUT2D eigenvalue weighted by atomic mass is 35.5. The number of aromatic nitrogens is 2. The molecule has 2 N–H and O–H groups in total. The summed E-state index contributed by atoms with van der Waals surface area (Å²) in [4.78, 5) is 26.6. The largest absolute Gasteiger partial charge is 0.445 e. The Morgan fingerprint density at radius 2 is 1.95 bits per heavy atom. The molecule has 7 heteroatoms. The first-order valence-corrected chi connectivity index (χ1v) is 6.37. The second-order valence-corrected chi connectivity index (χ2v) is 4.62. The van der Waals surface area contributed by atoms with E-state index in [9.17, 15) is 9.59 Å². The first kappa shape index (κ1) is 14.6. The predicted octanol–water partition coefficient (Wildman–Crippen LogP) is 1.49. The molecule has 0 radical (unpaired) electrons. The van der Waals surface area contributed by atoms with Crippen molar-refractivity contribution in [2.24, 2.45) is 0 Å². The number of imidazole rings is 1. The number of nitrogens with one attached hydrogen (secondary N) is 2. The van der Waals surface area contributed by atoms with E-state index in [1.807, 2.05) is 0 Å². The third-order valence-corrected chi connectivity index (χ3v) is 3.33. The van der Waals surface area contributed by atoms with Gasteiger partial charge in [-0.1, -0.05) is 12.1 Å². The van der Waals surface area contributed by atoms with Gasteiger partial charge >= 0.3 is 11.8 Å². The Balaban J connectivity index is 0.00000147. The van der Waals surface area contributed by atoms with Crippen molar-refractivity contribution in [2.75, 3.05) is 13.1 Å². The third-order valence-electron chi connectivity index (χ3n) is 3.33. The Kier molecular flexibility index (Phi) is 4.46. The molecule has 6 nitrogen and oxygen atoms in total. The molecule has 108 valence electrons. The number of aromatic amines is 1. The van der Waals surface area contributed by atoms with Crippen LogP contribution >= 0.6 is 12.4 Å². The fourth-order valence-electron chi connectivity index (χ4n) is 2.34. The van der Waals surface area contributed by atoms with Crippen LogP contribution in [0.15, 0.2) is 29.1 Å². The second-order valence-electron chi connectivity index (χ2n) is 4.62. The lowest BCUT2D eigenvalue weighted by Crippen LogP contribution is -2.36. The van der Waals surface area contributed by atoms with E-state index in [1.165, 1.54) is 0 Å². The van der Waals surface area contributed by atoms with Crippen molar-refractivity contribution in [3.05, 3.63) is 34.7 Å². The number of ether oxygens (including phenoxy) is 1. The highest BCUT2D eigenvalue weighted by Gasteiger charge is 2.21. The molecule has 2 heterocycles. The van der Waals surface area contributed by atoms with E-state index in [1.54, 1.807) is 24.3 Å². The number of benzene rings is 1. The normalized spacial score (nSPS) is 15.8. The fourth-order valence-corrected chi connectivity index (χ4v) is 2.34. The lowest BCUT2D eigenvalue weighted by molar-refractivity contribution is 0.0807. The van der Waals surface area contributed by atoms with E-state index in [2.05, 4.69) is 10.3 Å². The summed E-state index contributed by atoms with van der Waals surface area (Å²) >= 11 is 0. The molecule has 1 aliphatic rings. The number of nitrogens with zero attached hydrogens (tertiary/aromatic N) is 1. The maximum absolute atomic E-state index is 12.1. The topological polar surface area (TPSA) is 76.1 Å². The maximum Gasteiger partial charge on any atom is 0.423 e. The van der Waals surface area contributed by atoms with Gasteiger partial charge in [0.1, 0.15) is 6.10 Å². The number of piperidine rings is 1. The molecule has 0 saturated carbocycles. The van der Waals surface area contributed by atoms with Gasteiger partial charge in [-0.05, 0) is 38.1 Å². The lowest BCUT2D eigenvalue weighted by atomic mass is 10.1. The van der Waals surface area contributed by atoms with Gasteiger partial charge in [0.15, 0.2) is 0 Å². The summed E-state index contributed by atoms with van der Waals surface area (Å²) < 4.78 is 6.44. The van der Waals surface area contributed by atoms with Crippen molar-refractivity contribution < 1.29 is 9.53 Å². The van der Waals surface area contributed by atoms with Crippen molar-refractivity contribution in [1.82, 2.24) is 14.9 Å². The number of fused-ring (bicyclic) bond motifs is 1. The van der Waals surface area contributed by atoms with Crippen LogP contribution in [0.3, 0.4) is 0 Å². The number of hydrogen-bond acceptors (Lipinski definition) is 4. The summed E-state index contributed by atoms with van der Waals surface area (Å²) in [5.74, 6) is 0. The standard InChI is InChI=1S/C13H15N3O3.ClH/c17-12-15-10-3-1-2-4-11(10)16(12)13(18)19-9-5-7-14-8-6-9;/h1-4,9,14H,5-8H2,(H,15,17);1H. The second kappa shape index (κ2) is 6.11. The monoisotopic (exact) mass is 297 g/mol. The molecule has 1 fully saturated rings. The molecule has 0 spiro atoms. The SMILES string of the molecule is Cl.O=C(OC1CCNCC1)n1c(=O)[nH]c2ccccc21. The molecule has 1 aliphatic heterocycles. The van der Waals surface area contributed by atoms with Crippen molar-refractivity contribution in [2.45, 2.75) is 18.9 Å². The minimum Gasteiger partial charge on any atom is -0.445 e. The highest BCUT2D eigenvalue weighted by Crippen LogP contribution is 2.12. The number of carbonyl (C=O) groups is 1. The fraction of sp³-hybridized carbons (Fsp3) is 0.385. The Bertz CT molecular complexity index is 658. The van der Waals surface area contributed by atoms with E-state index in [0.717, 1.165) is 30.5 Å². The van der Waals surface area contributed by atoms with Crippen LogP contribution < -0.4 is 11.0 Å². The molecule has 0 atom stereocenters. The average Bonchev–Trinajstić information content (AvgIpc) is 2.75. The van der Waals surface area contributed by atoms with Gasteiger partial charge in [-0.25, -0.2) is 9.59 Å². The number of H-pyrrole nitrogens is 1. The molecule has 20 heavy (non-hydrogen) atoms. The van der Waals surface area contributed by atoms with E-state index in [-0.39, 0.29) is 18.5 Å². The van der Waals surface area contributed by atoms with Crippen LogP contribution in [0.2, 0.25) is 0 Å². The van der Waals surface area contributed by atoms with Gasteiger partial charge in [0.05, 0.1) is 11.0 Å². The average molecular weight is 298 g/mol. The zero-order valence-corrected chi connectivity index (χ0v) is 11.6.